The first-order valence-corrected chi connectivity index (χ1v) is 8.06. The lowest BCUT2D eigenvalue weighted by molar-refractivity contribution is -0.383. The number of nitrogens with two attached hydrogens (primary N) is 1. The molecule has 1 saturated heterocycles. The van der Waals surface area contributed by atoms with Gasteiger partial charge in [-0.05, 0) is 43.5 Å². The van der Waals surface area contributed by atoms with Crippen molar-refractivity contribution in [3.8, 4) is 5.75 Å². The maximum atomic E-state index is 11.4. The summed E-state index contributed by atoms with van der Waals surface area (Å²) in [5.74, 6) is 1.05. The Bertz CT molecular complexity index is 759. The van der Waals surface area contributed by atoms with Crippen molar-refractivity contribution in [1.29, 1.82) is 0 Å². The van der Waals surface area contributed by atoms with Crippen LogP contribution in [-0.4, -0.2) is 35.1 Å². The highest BCUT2D eigenvalue weighted by atomic mass is 16.6. The third kappa shape index (κ3) is 3.70. The summed E-state index contributed by atoms with van der Waals surface area (Å²) >= 11 is 0. The SMILES string of the molecule is COc1ccc(Nc2nc(N3CCCCC3)nc(N)c2[N+](=O)[O-])cc1. The largest absolute Gasteiger partial charge is 0.497 e. The second-order valence-corrected chi connectivity index (χ2v) is 5.76. The van der Waals surface area contributed by atoms with Crippen molar-refractivity contribution >= 4 is 29.0 Å². The van der Waals surface area contributed by atoms with Crippen molar-refractivity contribution < 1.29 is 9.66 Å². The van der Waals surface area contributed by atoms with E-state index in [1.54, 1.807) is 31.4 Å². The quantitative estimate of drug-likeness (QED) is 0.627. The van der Waals surface area contributed by atoms with Crippen LogP contribution in [0.1, 0.15) is 19.3 Å². The second-order valence-electron chi connectivity index (χ2n) is 5.76. The molecule has 0 saturated carbocycles. The van der Waals surface area contributed by atoms with Gasteiger partial charge >= 0.3 is 5.69 Å². The maximum absolute atomic E-state index is 11.4. The molecule has 132 valence electrons. The number of methoxy groups -OCH3 is 1. The molecular weight excluding hydrogens is 324 g/mol. The minimum atomic E-state index is -0.568. The molecule has 0 radical (unpaired) electrons. The van der Waals surface area contributed by atoms with Crippen LogP contribution in [0.2, 0.25) is 0 Å². The highest BCUT2D eigenvalue weighted by molar-refractivity contribution is 5.74. The summed E-state index contributed by atoms with van der Waals surface area (Å²) in [5, 5.41) is 14.4. The molecular formula is C16H20N6O3. The predicted molar refractivity (Wildman–Crippen MR) is 95.4 cm³/mol. The molecule has 0 unspecified atom stereocenters. The lowest BCUT2D eigenvalue weighted by Gasteiger charge is -2.27. The zero-order chi connectivity index (χ0) is 17.8. The van der Waals surface area contributed by atoms with Gasteiger partial charge in [0.1, 0.15) is 5.75 Å². The second kappa shape index (κ2) is 7.20. The highest BCUT2D eigenvalue weighted by Crippen LogP contribution is 2.33. The number of piperidine rings is 1. The number of hydrogen-bond donors (Lipinski definition) is 2. The zero-order valence-corrected chi connectivity index (χ0v) is 13.9. The summed E-state index contributed by atoms with van der Waals surface area (Å²) in [6, 6.07) is 7.01. The Morgan fingerprint density at radius 3 is 2.48 bits per heavy atom. The minimum Gasteiger partial charge on any atom is -0.497 e. The van der Waals surface area contributed by atoms with Gasteiger partial charge in [0, 0.05) is 18.8 Å². The summed E-state index contributed by atoms with van der Waals surface area (Å²) in [6.07, 6.45) is 3.25. The molecule has 1 aliphatic rings. The van der Waals surface area contributed by atoms with E-state index in [9.17, 15) is 10.1 Å². The van der Waals surface area contributed by atoms with Crippen LogP contribution in [0.3, 0.4) is 0 Å². The molecule has 0 amide bonds. The number of nitro groups is 1. The van der Waals surface area contributed by atoms with Crippen LogP contribution in [0, 0.1) is 10.1 Å². The molecule has 9 heteroatoms. The van der Waals surface area contributed by atoms with Crippen LogP contribution < -0.4 is 20.7 Å². The van der Waals surface area contributed by atoms with Gasteiger partial charge in [-0.15, -0.1) is 0 Å². The van der Waals surface area contributed by atoms with Crippen LogP contribution in [0.5, 0.6) is 5.75 Å². The average molecular weight is 344 g/mol. The number of rotatable bonds is 5. The third-order valence-electron chi connectivity index (χ3n) is 4.07. The van der Waals surface area contributed by atoms with E-state index in [0.29, 0.717) is 17.4 Å². The lowest BCUT2D eigenvalue weighted by Crippen LogP contribution is -2.31. The molecule has 1 aliphatic heterocycles. The molecule has 1 aromatic heterocycles. The van der Waals surface area contributed by atoms with Gasteiger partial charge in [0.15, 0.2) is 0 Å². The standard InChI is InChI=1S/C16H20N6O3/c1-25-12-7-5-11(6-8-12)18-15-13(22(23)24)14(17)19-16(20-15)21-9-3-2-4-10-21/h5-8H,2-4,9-10H2,1H3,(H3,17,18,19,20). The topological polar surface area (TPSA) is 119 Å². The molecule has 9 nitrogen and oxygen atoms in total. The first-order valence-electron chi connectivity index (χ1n) is 8.06. The Labute approximate surface area is 145 Å². The molecule has 25 heavy (non-hydrogen) atoms. The number of aromatic nitrogens is 2. The number of anilines is 4. The van der Waals surface area contributed by atoms with Gasteiger partial charge in [-0.3, -0.25) is 10.1 Å². The van der Waals surface area contributed by atoms with Gasteiger partial charge in [0.05, 0.1) is 12.0 Å². The van der Waals surface area contributed by atoms with E-state index in [2.05, 4.69) is 15.3 Å². The van der Waals surface area contributed by atoms with E-state index < -0.39 is 4.92 Å². The van der Waals surface area contributed by atoms with Gasteiger partial charge in [0.25, 0.3) is 0 Å². The van der Waals surface area contributed by atoms with Crippen LogP contribution in [0.25, 0.3) is 0 Å². The monoisotopic (exact) mass is 344 g/mol. The van der Waals surface area contributed by atoms with Crippen LogP contribution in [-0.2, 0) is 0 Å². The molecule has 3 rings (SSSR count). The third-order valence-corrected chi connectivity index (χ3v) is 4.07. The molecule has 0 atom stereocenters. The van der Waals surface area contributed by atoms with Gasteiger partial charge < -0.3 is 20.7 Å². The number of nitrogens with zero attached hydrogens (tertiary/aromatic N) is 4. The van der Waals surface area contributed by atoms with Crippen molar-refractivity contribution in [2.24, 2.45) is 0 Å². The van der Waals surface area contributed by atoms with Crippen molar-refractivity contribution in [2.75, 3.05) is 36.1 Å². The van der Waals surface area contributed by atoms with Crippen LogP contribution in [0.15, 0.2) is 24.3 Å². The van der Waals surface area contributed by atoms with Gasteiger partial charge in [-0.1, -0.05) is 0 Å². The first-order chi connectivity index (χ1) is 12.1. The smallest absolute Gasteiger partial charge is 0.353 e. The van der Waals surface area contributed by atoms with Crippen molar-refractivity contribution in [3.05, 3.63) is 34.4 Å². The fourth-order valence-corrected chi connectivity index (χ4v) is 2.77. The van der Waals surface area contributed by atoms with Gasteiger partial charge in [-0.2, -0.15) is 9.97 Å². The summed E-state index contributed by atoms with van der Waals surface area (Å²) in [6.45, 7) is 1.64. The Balaban J connectivity index is 1.95. The van der Waals surface area contributed by atoms with E-state index >= 15 is 0 Å². The van der Waals surface area contributed by atoms with Crippen molar-refractivity contribution in [1.82, 2.24) is 9.97 Å². The van der Waals surface area contributed by atoms with Gasteiger partial charge in [0.2, 0.25) is 17.6 Å². The predicted octanol–water partition coefficient (Wildman–Crippen LogP) is 2.71. The lowest BCUT2D eigenvalue weighted by atomic mass is 10.1. The molecule has 0 bridgehead atoms. The average Bonchev–Trinajstić information content (AvgIpc) is 2.62. The Hall–Kier alpha value is -3.10. The number of nitrogens with one attached hydrogen (secondary N) is 1. The fourth-order valence-electron chi connectivity index (χ4n) is 2.77. The molecule has 2 heterocycles. The van der Waals surface area contributed by atoms with E-state index in [-0.39, 0.29) is 17.3 Å². The van der Waals surface area contributed by atoms with E-state index in [1.807, 2.05) is 4.90 Å². The van der Waals surface area contributed by atoms with Crippen molar-refractivity contribution in [2.45, 2.75) is 19.3 Å². The zero-order valence-electron chi connectivity index (χ0n) is 13.9. The first kappa shape index (κ1) is 16.7. The number of hydrogen-bond acceptors (Lipinski definition) is 8. The number of nitrogen functional groups attached to an aromatic ring is 1. The molecule has 1 fully saturated rings. The Morgan fingerprint density at radius 1 is 1.20 bits per heavy atom. The van der Waals surface area contributed by atoms with E-state index in [0.717, 1.165) is 32.4 Å². The molecule has 2 aromatic rings. The Morgan fingerprint density at radius 2 is 1.88 bits per heavy atom. The summed E-state index contributed by atoms with van der Waals surface area (Å²) in [7, 11) is 1.57. The highest BCUT2D eigenvalue weighted by Gasteiger charge is 2.25. The minimum absolute atomic E-state index is 0.0863. The van der Waals surface area contributed by atoms with Crippen molar-refractivity contribution in [3.63, 3.8) is 0 Å². The summed E-state index contributed by atoms with van der Waals surface area (Å²) < 4.78 is 5.11. The Kier molecular flexibility index (Phi) is 4.82. The van der Waals surface area contributed by atoms with E-state index in [4.69, 9.17) is 10.5 Å². The summed E-state index contributed by atoms with van der Waals surface area (Å²) in [4.78, 5) is 21.3. The maximum Gasteiger partial charge on any atom is 0.353 e. The van der Waals surface area contributed by atoms with Crippen LogP contribution in [0.4, 0.5) is 29.0 Å². The molecule has 1 aromatic carbocycles. The molecule has 0 spiro atoms. The number of benzene rings is 1. The normalized spacial score (nSPS) is 14.2. The molecule has 0 aliphatic carbocycles. The number of ether oxygens (including phenoxy) is 1. The van der Waals surface area contributed by atoms with Crippen LogP contribution >= 0.6 is 0 Å². The van der Waals surface area contributed by atoms with Gasteiger partial charge in [-0.25, -0.2) is 0 Å². The fraction of sp³-hybridized carbons (Fsp3) is 0.375. The molecule has 3 N–H and O–H groups in total. The van der Waals surface area contributed by atoms with E-state index in [1.165, 1.54) is 0 Å². The summed E-state index contributed by atoms with van der Waals surface area (Å²) in [5.41, 5.74) is 6.17.